The highest BCUT2D eigenvalue weighted by Gasteiger charge is 2.23. The normalized spacial score (nSPS) is 19.1. The van der Waals surface area contributed by atoms with Gasteiger partial charge in [0.2, 0.25) is 0 Å². The molecule has 1 aromatic carbocycles. The molecule has 2 N–H and O–H groups in total. The van der Waals surface area contributed by atoms with Gasteiger partial charge >= 0.3 is 7.12 Å². The molecular weight excluding hydrogens is 183 g/mol. The van der Waals surface area contributed by atoms with E-state index in [0.717, 1.165) is 6.61 Å². The lowest BCUT2D eigenvalue weighted by molar-refractivity contribution is 0.263. The predicted molar refractivity (Wildman–Crippen MR) is 51.5 cm³/mol. The van der Waals surface area contributed by atoms with E-state index in [9.17, 15) is 0 Å². The van der Waals surface area contributed by atoms with E-state index >= 15 is 0 Å². The largest absolute Gasteiger partial charge is 0.491 e. The summed E-state index contributed by atoms with van der Waals surface area (Å²) in [6, 6.07) is 6.65. The Labute approximate surface area is 82.2 Å². The van der Waals surface area contributed by atoms with Gasteiger partial charge in [-0.15, -0.1) is 0 Å². The van der Waals surface area contributed by atoms with E-state index in [-0.39, 0.29) is 6.10 Å². The van der Waals surface area contributed by atoms with Crippen LogP contribution in [0.5, 0.6) is 5.75 Å². The van der Waals surface area contributed by atoms with Gasteiger partial charge in [0.25, 0.3) is 0 Å². The molecule has 0 saturated carbocycles. The Morgan fingerprint density at radius 3 is 2.50 bits per heavy atom. The van der Waals surface area contributed by atoms with E-state index in [2.05, 4.69) is 0 Å². The molecule has 0 bridgehead atoms. The smallest absolute Gasteiger partial charge is 0.488 e. The molecule has 1 saturated heterocycles. The van der Waals surface area contributed by atoms with Crippen LogP contribution in [0.25, 0.3) is 0 Å². The molecule has 1 unspecified atom stereocenters. The maximum absolute atomic E-state index is 8.84. The monoisotopic (exact) mass is 194 g/mol. The fourth-order valence-electron chi connectivity index (χ4n) is 1.09. The molecule has 0 aliphatic carbocycles. The first-order chi connectivity index (χ1) is 6.75. The summed E-state index contributed by atoms with van der Waals surface area (Å²) in [6.45, 7) is 1.33. The standard InChI is InChI=1S/C9H11BO4/c11-10(12)7-1-3-8(4-2-7)13-5-9-6-14-9/h1-4,9,11-12H,5-6H2. The lowest BCUT2D eigenvalue weighted by atomic mass is 9.80. The van der Waals surface area contributed by atoms with E-state index in [1.165, 1.54) is 0 Å². The highest BCUT2D eigenvalue weighted by Crippen LogP contribution is 2.13. The van der Waals surface area contributed by atoms with Gasteiger partial charge in [-0.05, 0) is 17.6 Å². The van der Waals surface area contributed by atoms with E-state index in [4.69, 9.17) is 19.5 Å². The van der Waals surface area contributed by atoms with Gasteiger partial charge in [-0.1, -0.05) is 12.1 Å². The second kappa shape index (κ2) is 4.00. The molecule has 4 nitrogen and oxygen atoms in total. The topological polar surface area (TPSA) is 62.2 Å². The Hall–Kier alpha value is -1.04. The van der Waals surface area contributed by atoms with E-state index in [1.54, 1.807) is 24.3 Å². The molecule has 2 rings (SSSR count). The van der Waals surface area contributed by atoms with Crippen molar-refractivity contribution in [1.29, 1.82) is 0 Å². The summed E-state index contributed by atoms with van der Waals surface area (Å²) in [5.74, 6) is 0.713. The zero-order valence-corrected chi connectivity index (χ0v) is 7.59. The lowest BCUT2D eigenvalue weighted by Crippen LogP contribution is -2.29. The Balaban J connectivity index is 1.91. The van der Waals surface area contributed by atoms with Gasteiger partial charge in [0.05, 0.1) is 6.61 Å². The van der Waals surface area contributed by atoms with Gasteiger partial charge in [0.15, 0.2) is 0 Å². The molecule has 1 fully saturated rings. The Bertz CT molecular complexity index is 294. The van der Waals surface area contributed by atoms with Crippen LogP contribution in [0.3, 0.4) is 0 Å². The minimum atomic E-state index is -1.42. The summed E-state index contributed by atoms with van der Waals surface area (Å²) in [5, 5.41) is 17.7. The second-order valence-electron chi connectivity index (χ2n) is 3.21. The van der Waals surface area contributed by atoms with Crippen molar-refractivity contribution in [3.05, 3.63) is 24.3 Å². The minimum Gasteiger partial charge on any atom is -0.491 e. The van der Waals surface area contributed by atoms with Crippen molar-refractivity contribution in [2.24, 2.45) is 0 Å². The van der Waals surface area contributed by atoms with Crippen molar-refractivity contribution in [2.75, 3.05) is 13.2 Å². The van der Waals surface area contributed by atoms with Crippen molar-refractivity contribution in [3.8, 4) is 5.75 Å². The van der Waals surface area contributed by atoms with Crippen molar-refractivity contribution >= 4 is 12.6 Å². The van der Waals surface area contributed by atoms with Crippen LogP contribution in [-0.4, -0.2) is 36.5 Å². The zero-order chi connectivity index (χ0) is 9.97. The molecule has 1 aliphatic rings. The highest BCUT2D eigenvalue weighted by atomic mass is 16.6. The molecule has 0 amide bonds. The summed E-state index contributed by atoms with van der Waals surface area (Å²) >= 11 is 0. The highest BCUT2D eigenvalue weighted by molar-refractivity contribution is 6.58. The SMILES string of the molecule is OB(O)c1ccc(OCC2CO2)cc1. The maximum Gasteiger partial charge on any atom is 0.488 e. The third-order valence-corrected chi connectivity index (χ3v) is 2.02. The van der Waals surface area contributed by atoms with Crippen LogP contribution >= 0.6 is 0 Å². The number of ether oxygens (including phenoxy) is 2. The summed E-state index contributed by atoms with van der Waals surface area (Å²) in [7, 11) is -1.42. The molecule has 1 heterocycles. The molecule has 1 aromatic rings. The first-order valence-corrected chi connectivity index (χ1v) is 4.46. The van der Waals surface area contributed by atoms with Crippen LogP contribution in [0, 0.1) is 0 Å². The average molecular weight is 194 g/mol. The molecule has 1 atom stereocenters. The third kappa shape index (κ3) is 2.48. The predicted octanol–water partition coefficient (Wildman–Crippen LogP) is -0.856. The fraction of sp³-hybridized carbons (Fsp3) is 0.333. The number of hydrogen-bond acceptors (Lipinski definition) is 4. The maximum atomic E-state index is 8.84. The molecule has 1 aliphatic heterocycles. The summed E-state index contributed by atoms with van der Waals surface area (Å²) in [4.78, 5) is 0. The molecule has 0 aromatic heterocycles. The Morgan fingerprint density at radius 2 is 2.00 bits per heavy atom. The van der Waals surface area contributed by atoms with Gasteiger partial charge in [-0.2, -0.15) is 0 Å². The minimum absolute atomic E-state index is 0.234. The molecule has 0 radical (unpaired) electrons. The molecule has 5 heteroatoms. The van der Waals surface area contributed by atoms with Crippen molar-refractivity contribution in [1.82, 2.24) is 0 Å². The Morgan fingerprint density at radius 1 is 1.36 bits per heavy atom. The second-order valence-corrected chi connectivity index (χ2v) is 3.21. The van der Waals surface area contributed by atoms with Crippen molar-refractivity contribution in [3.63, 3.8) is 0 Å². The molecule has 0 spiro atoms. The number of rotatable bonds is 4. The molecular formula is C9H11BO4. The number of epoxide rings is 1. The van der Waals surface area contributed by atoms with E-state index < -0.39 is 7.12 Å². The van der Waals surface area contributed by atoms with Crippen molar-refractivity contribution < 1.29 is 19.5 Å². The average Bonchev–Trinajstić information content (AvgIpc) is 2.99. The van der Waals surface area contributed by atoms with E-state index in [1.807, 2.05) is 0 Å². The van der Waals surface area contributed by atoms with E-state index in [0.29, 0.717) is 17.8 Å². The summed E-state index contributed by atoms with van der Waals surface area (Å²) in [6.07, 6.45) is 0.234. The number of benzene rings is 1. The zero-order valence-electron chi connectivity index (χ0n) is 7.59. The summed E-state index contributed by atoms with van der Waals surface area (Å²) in [5.41, 5.74) is 0.458. The fourth-order valence-corrected chi connectivity index (χ4v) is 1.09. The summed E-state index contributed by atoms with van der Waals surface area (Å²) < 4.78 is 10.4. The van der Waals surface area contributed by atoms with Crippen LogP contribution in [0.15, 0.2) is 24.3 Å². The van der Waals surface area contributed by atoms with Gasteiger partial charge in [0, 0.05) is 0 Å². The Kier molecular flexibility index (Phi) is 2.72. The number of hydrogen-bond donors (Lipinski definition) is 2. The quantitative estimate of drug-likeness (QED) is 0.483. The van der Waals surface area contributed by atoms with Gasteiger partial charge in [-0.3, -0.25) is 0 Å². The van der Waals surface area contributed by atoms with Gasteiger partial charge < -0.3 is 19.5 Å². The van der Waals surface area contributed by atoms with Crippen molar-refractivity contribution in [2.45, 2.75) is 6.10 Å². The van der Waals surface area contributed by atoms with Crippen LogP contribution in [0.1, 0.15) is 0 Å². The molecule has 14 heavy (non-hydrogen) atoms. The van der Waals surface area contributed by atoms with Gasteiger partial charge in [0.1, 0.15) is 18.5 Å². The van der Waals surface area contributed by atoms with Crippen LogP contribution < -0.4 is 10.2 Å². The van der Waals surface area contributed by atoms with Crippen LogP contribution in [-0.2, 0) is 4.74 Å². The molecule has 74 valence electrons. The first kappa shape index (κ1) is 9.52. The lowest BCUT2D eigenvalue weighted by Gasteiger charge is -2.04. The van der Waals surface area contributed by atoms with Crippen LogP contribution in [0.4, 0.5) is 0 Å². The third-order valence-electron chi connectivity index (χ3n) is 2.02. The first-order valence-electron chi connectivity index (χ1n) is 4.46. The van der Waals surface area contributed by atoms with Gasteiger partial charge in [-0.25, -0.2) is 0 Å². The van der Waals surface area contributed by atoms with Crippen LogP contribution in [0.2, 0.25) is 0 Å².